The number of urea groups is 1. The number of hydrogen-bond donors (Lipinski definition) is 2. The van der Waals surface area contributed by atoms with Gasteiger partial charge >= 0.3 is 6.03 Å². The Balaban J connectivity index is 2.09. The van der Waals surface area contributed by atoms with E-state index in [1.807, 2.05) is 19.2 Å². The first-order valence-corrected chi connectivity index (χ1v) is 9.31. The number of amides is 2. The Morgan fingerprint density at radius 2 is 2.23 bits per heavy atom. The van der Waals surface area contributed by atoms with E-state index in [4.69, 9.17) is 0 Å². The van der Waals surface area contributed by atoms with Gasteiger partial charge in [-0.2, -0.15) is 0 Å². The second kappa shape index (κ2) is 7.02. The molecule has 0 bridgehead atoms. The molecule has 0 radical (unpaired) electrons. The molecule has 0 fully saturated rings. The van der Waals surface area contributed by atoms with E-state index in [1.54, 1.807) is 36.7 Å². The van der Waals surface area contributed by atoms with E-state index in [0.29, 0.717) is 10.6 Å². The summed E-state index contributed by atoms with van der Waals surface area (Å²) in [5.41, 5.74) is 0.103. The SMILES string of the molecule is CCC(C)(NC(=O)Nc1cccc(S(C)=O)c1)c1nccs1. The molecule has 1 aromatic carbocycles. The third kappa shape index (κ3) is 3.92. The molecule has 0 aliphatic carbocycles. The van der Waals surface area contributed by atoms with Crippen molar-refractivity contribution in [3.8, 4) is 0 Å². The Morgan fingerprint density at radius 3 is 2.82 bits per heavy atom. The third-order valence-electron chi connectivity index (χ3n) is 3.42. The van der Waals surface area contributed by atoms with Crippen LogP contribution in [0.3, 0.4) is 0 Å². The number of thiazole rings is 1. The van der Waals surface area contributed by atoms with E-state index < -0.39 is 16.3 Å². The normalized spacial score (nSPS) is 14.9. The van der Waals surface area contributed by atoms with Gasteiger partial charge < -0.3 is 10.6 Å². The van der Waals surface area contributed by atoms with E-state index in [0.717, 1.165) is 11.4 Å². The molecule has 2 rings (SSSR count). The maximum atomic E-state index is 12.2. The highest BCUT2D eigenvalue weighted by atomic mass is 32.2. The van der Waals surface area contributed by atoms with E-state index in [1.165, 1.54) is 11.3 Å². The highest BCUT2D eigenvalue weighted by molar-refractivity contribution is 7.84. The first kappa shape index (κ1) is 16.6. The Hall–Kier alpha value is -1.73. The number of aromatic nitrogens is 1. The fourth-order valence-electron chi connectivity index (χ4n) is 1.95. The van der Waals surface area contributed by atoms with Crippen molar-refractivity contribution in [3.05, 3.63) is 40.8 Å². The lowest BCUT2D eigenvalue weighted by atomic mass is 10.0. The molecule has 0 aliphatic rings. The van der Waals surface area contributed by atoms with Crippen LogP contribution in [0.2, 0.25) is 0 Å². The molecular formula is C15H19N3O2S2. The summed E-state index contributed by atoms with van der Waals surface area (Å²) in [5.74, 6) is 0. The fourth-order valence-corrected chi connectivity index (χ4v) is 3.35. The van der Waals surface area contributed by atoms with Crippen LogP contribution in [0.4, 0.5) is 10.5 Å². The van der Waals surface area contributed by atoms with Crippen molar-refractivity contribution in [1.82, 2.24) is 10.3 Å². The van der Waals surface area contributed by atoms with Crippen LogP contribution >= 0.6 is 11.3 Å². The lowest BCUT2D eigenvalue weighted by Gasteiger charge is -2.27. The van der Waals surface area contributed by atoms with Crippen molar-refractivity contribution in [2.24, 2.45) is 0 Å². The lowest BCUT2D eigenvalue weighted by Crippen LogP contribution is -2.45. The molecule has 1 heterocycles. The van der Waals surface area contributed by atoms with Crippen LogP contribution in [0, 0.1) is 0 Å². The van der Waals surface area contributed by atoms with Gasteiger partial charge in [0, 0.05) is 39.2 Å². The van der Waals surface area contributed by atoms with Crippen molar-refractivity contribution in [3.63, 3.8) is 0 Å². The molecule has 0 aliphatic heterocycles. The summed E-state index contributed by atoms with van der Waals surface area (Å²) in [5, 5.41) is 8.51. The largest absolute Gasteiger partial charge is 0.326 e. The Morgan fingerprint density at radius 1 is 1.45 bits per heavy atom. The number of nitrogens with one attached hydrogen (secondary N) is 2. The third-order valence-corrected chi connectivity index (χ3v) is 5.38. The molecular weight excluding hydrogens is 318 g/mol. The summed E-state index contributed by atoms with van der Waals surface area (Å²) in [4.78, 5) is 17.2. The van der Waals surface area contributed by atoms with Crippen molar-refractivity contribution in [2.45, 2.75) is 30.7 Å². The summed E-state index contributed by atoms with van der Waals surface area (Å²) in [6, 6.07) is 6.71. The monoisotopic (exact) mass is 337 g/mol. The molecule has 2 atom stereocenters. The molecule has 2 aromatic rings. The molecule has 22 heavy (non-hydrogen) atoms. The number of carbonyl (C=O) groups excluding carboxylic acids is 1. The van der Waals surface area contributed by atoms with Gasteiger partial charge in [0.1, 0.15) is 5.01 Å². The van der Waals surface area contributed by atoms with Crippen molar-refractivity contribution in [2.75, 3.05) is 11.6 Å². The van der Waals surface area contributed by atoms with Gasteiger partial charge in [-0.25, -0.2) is 9.78 Å². The Kier molecular flexibility index (Phi) is 5.31. The van der Waals surface area contributed by atoms with Gasteiger partial charge in [0.15, 0.2) is 0 Å². The van der Waals surface area contributed by atoms with Gasteiger partial charge in [0.25, 0.3) is 0 Å². The standard InChI is InChI=1S/C15H19N3O2S2/c1-4-15(2,13-16-8-9-21-13)18-14(19)17-11-6-5-7-12(10-11)22(3)20/h5-10H,4H2,1-3H3,(H2,17,18,19). The lowest BCUT2D eigenvalue weighted by molar-refractivity contribution is 0.238. The maximum absolute atomic E-state index is 12.2. The minimum Gasteiger partial charge on any atom is -0.326 e. The highest BCUT2D eigenvalue weighted by Gasteiger charge is 2.29. The van der Waals surface area contributed by atoms with Crippen LogP contribution in [0.25, 0.3) is 0 Å². The van der Waals surface area contributed by atoms with E-state index in [9.17, 15) is 9.00 Å². The van der Waals surface area contributed by atoms with Crippen LogP contribution in [-0.2, 0) is 16.3 Å². The molecule has 1 aromatic heterocycles. The van der Waals surface area contributed by atoms with Crippen LogP contribution < -0.4 is 10.6 Å². The van der Waals surface area contributed by atoms with Gasteiger partial charge in [-0.05, 0) is 31.5 Å². The smallest absolute Gasteiger partial charge is 0.320 e. The fraction of sp³-hybridized carbons (Fsp3) is 0.333. The average Bonchev–Trinajstić information content (AvgIpc) is 3.02. The van der Waals surface area contributed by atoms with E-state index in [2.05, 4.69) is 15.6 Å². The molecule has 0 saturated heterocycles. The number of benzene rings is 1. The Bertz CT molecular complexity index is 673. The van der Waals surface area contributed by atoms with Crippen LogP contribution in [0.1, 0.15) is 25.3 Å². The summed E-state index contributed by atoms with van der Waals surface area (Å²) < 4.78 is 11.5. The van der Waals surface area contributed by atoms with Crippen molar-refractivity contribution >= 4 is 33.9 Å². The van der Waals surface area contributed by atoms with E-state index in [-0.39, 0.29) is 6.03 Å². The quantitative estimate of drug-likeness (QED) is 0.879. The maximum Gasteiger partial charge on any atom is 0.320 e. The first-order valence-electron chi connectivity index (χ1n) is 6.87. The highest BCUT2D eigenvalue weighted by Crippen LogP contribution is 2.26. The summed E-state index contributed by atoms with van der Waals surface area (Å²) in [7, 11) is -1.08. The molecule has 7 heteroatoms. The summed E-state index contributed by atoms with van der Waals surface area (Å²) >= 11 is 1.52. The number of nitrogens with zero attached hydrogens (tertiary/aromatic N) is 1. The number of hydrogen-bond acceptors (Lipinski definition) is 4. The zero-order valence-electron chi connectivity index (χ0n) is 12.8. The zero-order chi connectivity index (χ0) is 16.2. The van der Waals surface area contributed by atoms with Gasteiger partial charge in [-0.1, -0.05) is 13.0 Å². The van der Waals surface area contributed by atoms with Crippen LogP contribution in [0.15, 0.2) is 40.7 Å². The van der Waals surface area contributed by atoms with Crippen LogP contribution in [0.5, 0.6) is 0 Å². The molecule has 2 amide bonds. The minimum absolute atomic E-state index is 0.307. The topological polar surface area (TPSA) is 71.1 Å². The first-order chi connectivity index (χ1) is 10.4. The summed E-state index contributed by atoms with van der Waals surface area (Å²) in [6.07, 6.45) is 4.07. The molecule has 0 spiro atoms. The Labute approximate surface area is 136 Å². The molecule has 5 nitrogen and oxygen atoms in total. The second-order valence-electron chi connectivity index (χ2n) is 5.08. The molecule has 118 valence electrons. The van der Waals surface area contributed by atoms with Gasteiger partial charge in [-0.3, -0.25) is 4.21 Å². The van der Waals surface area contributed by atoms with Gasteiger partial charge in [0.2, 0.25) is 0 Å². The van der Waals surface area contributed by atoms with E-state index >= 15 is 0 Å². The van der Waals surface area contributed by atoms with Crippen molar-refractivity contribution in [1.29, 1.82) is 0 Å². The average molecular weight is 337 g/mol. The number of carbonyl (C=O) groups is 1. The summed E-state index contributed by atoms with van der Waals surface area (Å²) in [6.45, 7) is 3.95. The van der Waals surface area contributed by atoms with Gasteiger partial charge in [0.05, 0.1) is 5.54 Å². The minimum atomic E-state index is -1.08. The van der Waals surface area contributed by atoms with Crippen molar-refractivity contribution < 1.29 is 9.00 Å². The zero-order valence-corrected chi connectivity index (χ0v) is 14.4. The van der Waals surface area contributed by atoms with Crippen LogP contribution in [-0.4, -0.2) is 21.5 Å². The molecule has 2 N–H and O–H groups in total. The predicted molar refractivity (Wildman–Crippen MR) is 90.7 cm³/mol. The second-order valence-corrected chi connectivity index (χ2v) is 7.36. The number of anilines is 1. The number of rotatable bonds is 5. The van der Waals surface area contributed by atoms with Gasteiger partial charge in [-0.15, -0.1) is 11.3 Å². The molecule has 2 unspecified atom stereocenters. The predicted octanol–water partition coefficient (Wildman–Crippen LogP) is 3.33. The molecule has 0 saturated carbocycles.